The summed E-state index contributed by atoms with van der Waals surface area (Å²) >= 11 is 0. The van der Waals surface area contributed by atoms with Crippen molar-refractivity contribution >= 4 is 11.9 Å². The normalized spacial score (nSPS) is 20.0. The summed E-state index contributed by atoms with van der Waals surface area (Å²) in [7, 11) is 1.29. The van der Waals surface area contributed by atoms with Crippen LogP contribution < -0.4 is 0 Å². The molecule has 1 aliphatic carbocycles. The lowest BCUT2D eigenvalue weighted by Gasteiger charge is -2.30. The molecule has 2 aromatic heterocycles. The van der Waals surface area contributed by atoms with E-state index in [0.29, 0.717) is 0 Å². The van der Waals surface area contributed by atoms with Gasteiger partial charge < -0.3 is 13.9 Å². The fourth-order valence-corrected chi connectivity index (χ4v) is 3.32. The summed E-state index contributed by atoms with van der Waals surface area (Å²) in [5.74, 6) is -0.00887. The predicted octanol–water partition coefficient (Wildman–Crippen LogP) is 2.87. The highest BCUT2D eigenvalue weighted by Gasteiger charge is 2.32. The van der Waals surface area contributed by atoms with E-state index in [0.717, 1.165) is 43.4 Å². The average Bonchev–Trinajstić information content (AvgIpc) is 3.28. The van der Waals surface area contributed by atoms with Gasteiger partial charge in [0.15, 0.2) is 5.69 Å². The van der Waals surface area contributed by atoms with Gasteiger partial charge in [-0.15, -0.1) is 5.10 Å². The van der Waals surface area contributed by atoms with Gasteiger partial charge in [-0.1, -0.05) is 18.6 Å². The lowest BCUT2D eigenvalue weighted by atomic mass is 9.92. The summed E-state index contributed by atoms with van der Waals surface area (Å²) in [6.07, 6.45) is 5.38. The second-order valence-electron chi connectivity index (χ2n) is 6.44. The number of carbonyl (C=O) groups is 2. The number of hydrogen-bond donors (Lipinski definition) is 0. The molecule has 0 saturated heterocycles. The van der Waals surface area contributed by atoms with E-state index < -0.39 is 11.9 Å². The Morgan fingerprint density at radius 3 is 2.77 bits per heavy atom. The highest BCUT2D eigenvalue weighted by molar-refractivity contribution is 5.87. The van der Waals surface area contributed by atoms with Gasteiger partial charge in [0.2, 0.25) is 5.76 Å². The van der Waals surface area contributed by atoms with Gasteiger partial charge >= 0.3 is 11.9 Å². The second kappa shape index (κ2) is 7.72. The van der Waals surface area contributed by atoms with Crippen molar-refractivity contribution in [3.05, 3.63) is 35.0 Å². The minimum atomic E-state index is -0.543. The lowest BCUT2D eigenvalue weighted by Crippen LogP contribution is -2.32. The fraction of sp³-hybridized carbons (Fsp3) is 0.556. The Bertz CT molecular complexity index is 795. The van der Waals surface area contributed by atoms with Crippen LogP contribution in [0.4, 0.5) is 0 Å². The van der Waals surface area contributed by atoms with Crippen molar-refractivity contribution in [1.82, 2.24) is 15.0 Å². The zero-order valence-corrected chi connectivity index (χ0v) is 15.2. The van der Waals surface area contributed by atoms with Gasteiger partial charge in [0.25, 0.3) is 0 Å². The first kappa shape index (κ1) is 18.2. The van der Waals surface area contributed by atoms with Crippen LogP contribution in [0.15, 0.2) is 16.7 Å². The van der Waals surface area contributed by atoms with E-state index in [9.17, 15) is 9.59 Å². The number of furan rings is 1. The number of nitrogens with zero attached hydrogens (tertiary/aromatic N) is 3. The zero-order chi connectivity index (χ0) is 18.7. The molecule has 2 atom stereocenters. The number of hydrogen-bond acceptors (Lipinski definition) is 7. The molecule has 8 heteroatoms. The number of aromatic nitrogens is 3. The molecule has 0 unspecified atom stereocenters. The molecule has 26 heavy (non-hydrogen) atoms. The van der Waals surface area contributed by atoms with Gasteiger partial charge in [-0.05, 0) is 37.8 Å². The number of carbonyl (C=O) groups excluding carboxylic acids is 2. The number of methoxy groups -OCH3 is 1. The summed E-state index contributed by atoms with van der Waals surface area (Å²) < 4.78 is 17.6. The smallest absolute Gasteiger partial charge is 0.374 e. The topological polar surface area (TPSA) is 96.5 Å². The molecule has 0 aromatic carbocycles. The molecule has 0 bridgehead atoms. The zero-order valence-electron chi connectivity index (χ0n) is 15.2. The molecule has 2 heterocycles. The van der Waals surface area contributed by atoms with Crippen LogP contribution in [-0.4, -0.2) is 40.1 Å². The fourth-order valence-electron chi connectivity index (χ4n) is 3.32. The molecule has 1 fully saturated rings. The quantitative estimate of drug-likeness (QED) is 0.755. The van der Waals surface area contributed by atoms with E-state index in [1.54, 1.807) is 10.7 Å². The third kappa shape index (κ3) is 3.63. The summed E-state index contributed by atoms with van der Waals surface area (Å²) in [5.41, 5.74) is 1.08. The molecule has 8 nitrogen and oxygen atoms in total. The van der Waals surface area contributed by atoms with Crippen molar-refractivity contribution in [3.63, 3.8) is 0 Å². The maximum Gasteiger partial charge on any atom is 0.374 e. The Labute approximate surface area is 151 Å². The van der Waals surface area contributed by atoms with Gasteiger partial charge in [-0.3, -0.25) is 0 Å². The monoisotopic (exact) mass is 361 g/mol. The molecular formula is C18H23N3O5. The molecule has 2 aromatic rings. The molecule has 0 spiro atoms. The summed E-state index contributed by atoms with van der Waals surface area (Å²) in [5, 5.41) is 7.86. The first-order chi connectivity index (χ1) is 12.5. The maximum atomic E-state index is 12.5. The van der Waals surface area contributed by atoms with Crippen molar-refractivity contribution in [3.8, 4) is 0 Å². The van der Waals surface area contributed by atoms with Gasteiger partial charge in [0.05, 0.1) is 19.3 Å². The molecule has 1 saturated carbocycles. The molecule has 0 N–H and O–H groups in total. The van der Waals surface area contributed by atoms with E-state index in [1.807, 2.05) is 13.8 Å². The lowest BCUT2D eigenvalue weighted by molar-refractivity contribution is -0.00135. The van der Waals surface area contributed by atoms with E-state index in [1.165, 1.54) is 13.3 Å². The van der Waals surface area contributed by atoms with E-state index >= 15 is 0 Å². The molecule has 3 rings (SSSR count). The van der Waals surface area contributed by atoms with E-state index in [2.05, 4.69) is 15.0 Å². The molecule has 0 amide bonds. The third-order valence-corrected chi connectivity index (χ3v) is 4.71. The Balaban J connectivity index is 1.75. The molecule has 0 aliphatic heterocycles. The van der Waals surface area contributed by atoms with Crippen molar-refractivity contribution < 1.29 is 23.5 Å². The molecule has 0 radical (unpaired) electrons. The van der Waals surface area contributed by atoms with Crippen molar-refractivity contribution in [2.75, 3.05) is 7.11 Å². The van der Waals surface area contributed by atoms with Gasteiger partial charge in [-0.25, -0.2) is 14.3 Å². The number of rotatable bonds is 5. The summed E-state index contributed by atoms with van der Waals surface area (Å²) in [4.78, 5) is 24.1. The van der Waals surface area contributed by atoms with Crippen LogP contribution in [0.5, 0.6) is 0 Å². The SMILES string of the molecule is CCc1oc(C(=O)O[C@@H]2CCCC[C@H]2n2cc(C(=O)OC)nn2)cc1C. The first-order valence-electron chi connectivity index (χ1n) is 8.84. The van der Waals surface area contributed by atoms with Crippen molar-refractivity contribution in [1.29, 1.82) is 0 Å². The Morgan fingerprint density at radius 2 is 2.08 bits per heavy atom. The number of esters is 2. The number of ether oxygens (including phenoxy) is 2. The molecule has 1 aliphatic rings. The Hall–Kier alpha value is -2.64. The summed E-state index contributed by atoms with van der Waals surface area (Å²) in [6.45, 7) is 3.88. The van der Waals surface area contributed by atoms with Crippen LogP contribution in [0.1, 0.15) is 71.0 Å². The Kier molecular flexibility index (Phi) is 5.39. The standard InChI is InChI=1S/C18H23N3O5/c1-4-14-11(2)9-16(25-14)18(23)26-15-8-6-5-7-13(15)21-10-12(19-20-21)17(22)24-3/h9-10,13,15H,4-8H2,1-3H3/t13-,15-/m1/s1. The van der Waals surface area contributed by atoms with Gasteiger partial charge in [0, 0.05) is 6.42 Å². The van der Waals surface area contributed by atoms with Crippen LogP contribution in [0.25, 0.3) is 0 Å². The van der Waals surface area contributed by atoms with E-state index in [-0.39, 0.29) is 23.6 Å². The van der Waals surface area contributed by atoms with Crippen molar-refractivity contribution in [2.45, 2.75) is 58.1 Å². The third-order valence-electron chi connectivity index (χ3n) is 4.71. The minimum absolute atomic E-state index is 0.136. The van der Waals surface area contributed by atoms with Crippen LogP contribution in [0, 0.1) is 6.92 Å². The Morgan fingerprint density at radius 1 is 1.31 bits per heavy atom. The van der Waals surface area contributed by atoms with Gasteiger partial charge in [0.1, 0.15) is 11.9 Å². The highest BCUT2D eigenvalue weighted by atomic mass is 16.6. The highest BCUT2D eigenvalue weighted by Crippen LogP contribution is 2.31. The van der Waals surface area contributed by atoms with E-state index in [4.69, 9.17) is 9.15 Å². The molecule has 140 valence electrons. The number of aryl methyl sites for hydroxylation is 2. The van der Waals surface area contributed by atoms with Crippen LogP contribution in [0.2, 0.25) is 0 Å². The minimum Gasteiger partial charge on any atom is -0.464 e. The van der Waals surface area contributed by atoms with Gasteiger partial charge in [-0.2, -0.15) is 0 Å². The average molecular weight is 361 g/mol. The molecular weight excluding hydrogens is 338 g/mol. The largest absolute Gasteiger partial charge is 0.464 e. The van der Waals surface area contributed by atoms with Crippen LogP contribution >= 0.6 is 0 Å². The first-order valence-corrected chi connectivity index (χ1v) is 8.84. The van der Waals surface area contributed by atoms with Crippen LogP contribution in [-0.2, 0) is 15.9 Å². The summed E-state index contributed by atoms with van der Waals surface area (Å²) in [6, 6.07) is 1.55. The van der Waals surface area contributed by atoms with Crippen LogP contribution in [0.3, 0.4) is 0 Å². The maximum absolute atomic E-state index is 12.5. The second-order valence-corrected chi connectivity index (χ2v) is 6.44. The predicted molar refractivity (Wildman–Crippen MR) is 90.9 cm³/mol. The van der Waals surface area contributed by atoms with Crippen molar-refractivity contribution in [2.24, 2.45) is 0 Å².